The van der Waals surface area contributed by atoms with Gasteiger partial charge in [-0.2, -0.15) is 5.10 Å². The maximum Gasteiger partial charge on any atom is 0.408 e. The van der Waals surface area contributed by atoms with E-state index in [-0.39, 0.29) is 17.3 Å². The summed E-state index contributed by atoms with van der Waals surface area (Å²) in [5.41, 5.74) is 8.38. The molecule has 2 aliphatic carbocycles. The first kappa shape index (κ1) is 31.8. The highest BCUT2D eigenvalue weighted by Gasteiger charge is 2.34. The molecule has 1 amide bonds. The van der Waals surface area contributed by atoms with Gasteiger partial charge in [-0.25, -0.2) is 28.4 Å². The molecule has 3 aliphatic rings. The second kappa shape index (κ2) is 14.0. The number of ether oxygens (including phenoxy) is 3. The van der Waals surface area contributed by atoms with E-state index in [1.54, 1.807) is 30.3 Å². The summed E-state index contributed by atoms with van der Waals surface area (Å²) in [5, 5.41) is 19.8. The summed E-state index contributed by atoms with van der Waals surface area (Å²) in [6.07, 6.45) is 2.24. The van der Waals surface area contributed by atoms with Crippen LogP contribution in [0.2, 0.25) is 0 Å². The number of aliphatic carboxylic acids is 1. The zero-order valence-corrected chi connectivity index (χ0v) is 26.0. The molecule has 14 heteroatoms. The molecule has 0 radical (unpaired) electrons. The predicted molar refractivity (Wildman–Crippen MR) is 167 cm³/mol. The maximum absolute atomic E-state index is 13.8. The third kappa shape index (κ3) is 7.22. The number of guanidine groups is 1. The highest BCUT2D eigenvalue weighted by atomic mass is 32.2. The Kier molecular flexibility index (Phi) is 9.91. The standard InChI is InChI=1S/C31H37N5O8S/c1-42-27-25(45(40,41)16-13-24(29(37)38)34-31(39)44-18-19-7-4-3-5-8-19)17-20-11-12-23(35-36-30-32-14-15-33-30)21-9-6-10-22(21)26(20)28(27)43-2/h3-5,7-8,17,24H,6,9-16,18H2,1-2H3,(H,34,39)(H,37,38)(H2,32,33,36)/b35-23+. The summed E-state index contributed by atoms with van der Waals surface area (Å²) in [6.45, 7) is 1.38. The number of alkyl carbamates (subject to hydrolysis) is 1. The van der Waals surface area contributed by atoms with Crippen LogP contribution in [-0.4, -0.2) is 76.4 Å². The Balaban J connectivity index is 1.38. The van der Waals surface area contributed by atoms with E-state index in [1.807, 2.05) is 6.07 Å². The fourth-order valence-electron chi connectivity index (χ4n) is 5.82. The number of aryl methyl sites for hydroxylation is 1. The smallest absolute Gasteiger partial charge is 0.408 e. The van der Waals surface area contributed by atoms with Crippen molar-refractivity contribution in [3.05, 3.63) is 58.7 Å². The quantitative estimate of drug-likeness (QED) is 0.267. The zero-order chi connectivity index (χ0) is 32.0. The van der Waals surface area contributed by atoms with Crippen molar-refractivity contribution in [2.45, 2.75) is 56.1 Å². The number of nitrogens with one attached hydrogen (secondary N) is 3. The van der Waals surface area contributed by atoms with Gasteiger partial charge in [0, 0.05) is 12.1 Å². The lowest BCUT2D eigenvalue weighted by atomic mass is 9.95. The molecular formula is C31H37N5O8S. The van der Waals surface area contributed by atoms with Crippen molar-refractivity contribution in [3.8, 4) is 11.5 Å². The molecule has 240 valence electrons. The minimum Gasteiger partial charge on any atom is -0.492 e. The number of allylic oxidation sites excluding steroid dienone is 2. The first-order chi connectivity index (χ1) is 21.7. The topological polar surface area (TPSA) is 177 Å². The predicted octanol–water partition coefficient (Wildman–Crippen LogP) is 3.04. The molecule has 0 saturated heterocycles. The second-order valence-electron chi connectivity index (χ2n) is 10.8. The summed E-state index contributed by atoms with van der Waals surface area (Å²) in [5.74, 6) is -0.957. The Morgan fingerprint density at radius 3 is 2.51 bits per heavy atom. The molecule has 0 aromatic heterocycles. The molecule has 1 unspecified atom stereocenters. The molecule has 1 aliphatic heterocycles. The lowest BCUT2D eigenvalue weighted by molar-refractivity contribution is -0.139. The van der Waals surface area contributed by atoms with Crippen LogP contribution < -0.4 is 25.5 Å². The highest BCUT2D eigenvalue weighted by molar-refractivity contribution is 7.91. The number of fused-ring (bicyclic) bond motifs is 2. The number of hydrazone groups is 1. The van der Waals surface area contributed by atoms with E-state index >= 15 is 0 Å². The Hall–Kier alpha value is -4.59. The zero-order valence-electron chi connectivity index (χ0n) is 25.2. The van der Waals surface area contributed by atoms with E-state index < -0.39 is 40.1 Å². The normalized spacial score (nSPS) is 17.4. The van der Waals surface area contributed by atoms with Crippen molar-refractivity contribution >= 4 is 39.1 Å². The van der Waals surface area contributed by atoms with Crippen molar-refractivity contribution < 1.29 is 37.3 Å². The van der Waals surface area contributed by atoms with Crippen LogP contribution in [0.1, 0.15) is 48.8 Å². The summed E-state index contributed by atoms with van der Waals surface area (Å²) in [6, 6.07) is 9.01. The molecular weight excluding hydrogens is 602 g/mol. The Bertz CT molecular complexity index is 1650. The van der Waals surface area contributed by atoms with Gasteiger partial charge in [0.2, 0.25) is 5.96 Å². The molecule has 45 heavy (non-hydrogen) atoms. The fourth-order valence-corrected chi connectivity index (χ4v) is 7.37. The number of nitrogens with zero attached hydrogens (tertiary/aromatic N) is 2. The van der Waals surface area contributed by atoms with E-state index in [2.05, 4.69) is 26.2 Å². The van der Waals surface area contributed by atoms with Crippen LogP contribution in [0.15, 0.2) is 57.0 Å². The van der Waals surface area contributed by atoms with Crippen molar-refractivity contribution in [1.82, 2.24) is 16.1 Å². The first-order valence-corrected chi connectivity index (χ1v) is 16.4. The van der Waals surface area contributed by atoms with E-state index in [1.165, 1.54) is 14.2 Å². The number of rotatable bonds is 11. The monoisotopic (exact) mass is 639 g/mol. The SMILES string of the molecule is COc1c(S(=O)(=O)CCC(NC(=O)OCc2ccccc2)C(=O)O)cc2c(c1OC)C1=C(CCC1)/C(=N/NC1=NCCN1)CC2. The molecule has 2 aromatic rings. The van der Waals surface area contributed by atoms with Gasteiger partial charge in [-0.15, -0.1) is 0 Å². The van der Waals surface area contributed by atoms with Gasteiger partial charge in [-0.05, 0) is 66.9 Å². The lowest BCUT2D eigenvalue weighted by Gasteiger charge is -2.21. The number of hydrogen-bond donors (Lipinski definition) is 4. The average Bonchev–Trinajstić information content (AvgIpc) is 3.72. The second-order valence-corrected chi connectivity index (χ2v) is 12.9. The third-order valence-corrected chi connectivity index (χ3v) is 9.72. The number of carbonyl (C=O) groups is 2. The average molecular weight is 640 g/mol. The summed E-state index contributed by atoms with van der Waals surface area (Å²) in [4.78, 5) is 28.5. The fraction of sp³-hybridized carbons (Fsp3) is 0.419. The number of carboxylic acid groups (broad SMARTS) is 1. The van der Waals surface area contributed by atoms with E-state index in [4.69, 9.17) is 14.2 Å². The first-order valence-electron chi connectivity index (χ1n) is 14.8. The van der Waals surface area contributed by atoms with Crippen molar-refractivity contribution in [3.63, 3.8) is 0 Å². The van der Waals surface area contributed by atoms with E-state index in [9.17, 15) is 23.1 Å². The van der Waals surface area contributed by atoms with Crippen LogP contribution in [0.5, 0.6) is 11.5 Å². The van der Waals surface area contributed by atoms with Crippen LogP contribution >= 0.6 is 0 Å². The number of hydrogen-bond acceptors (Lipinski definition) is 11. The van der Waals surface area contributed by atoms with Crippen molar-refractivity contribution in [2.24, 2.45) is 10.1 Å². The van der Waals surface area contributed by atoms with Crippen molar-refractivity contribution in [1.29, 1.82) is 0 Å². The number of methoxy groups -OCH3 is 2. The Morgan fingerprint density at radius 2 is 1.82 bits per heavy atom. The minimum atomic E-state index is -4.10. The van der Waals surface area contributed by atoms with Crippen molar-refractivity contribution in [2.75, 3.05) is 33.1 Å². The number of aliphatic imine (C=N–C) groups is 1. The van der Waals surface area contributed by atoms with E-state index in [0.717, 1.165) is 59.4 Å². The maximum atomic E-state index is 13.8. The third-order valence-electron chi connectivity index (χ3n) is 7.98. The molecule has 0 fully saturated rings. The van der Waals surface area contributed by atoms with Gasteiger partial charge in [-0.3, -0.25) is 0 Å². The number of sulfone groups is 1. The van der Waals surface area contributed by atoms with Crippen LogP contribution in [0.3, 0.4) is 0 Å². The molecule has 13 nitrogen and oxygen atoms in total. The van der Waals surface area contributed by atoms with E-state index in [0.29, 0.717) is 31.1 Å². The van der Waals surface area contributed by atoms with Gasteiger partial charge in [0.15, 0.2) is 21.3 Å². The summed E-state index contributed by atoms with van der Waals surface area (Å²) in [7, 11) is -1.25. The number of carbonyl (C=O) groups excluding carboxylic acids is 1. The molecule has 4 N–H and O–H groups in total. The van der Waals surface area contributed by atoms with Gasteiger partial charge in [0.05, 0.1) is 32.2 Å². The largest absolute Gasteiger partial charge is 0.492 e. The van der Waals surface area contributed by atoms with Gasteiger partial charge in [-0.1, -0.05) is 30.3 Å². The Labute approximate surface area is 261 Å². The molecule has 2 aromatic carbocycles. The van der Waals surface area contributed by atoms with Gasteiger partial charge < -0.3 is 30.0 Å². The van der Waals surface area contributed by atoms with Gasteiger partial charge in [0.25, 0.3) is 0 Å². The highest BCUT2D eigenvalue weighted by Crippen LogP contribution is 2.49. The number of amides is 1. The number of carboxylic acids is 1. The summed E-state index contributed by atoms with van der Waals surface area (Å²) < 4.78 is 44.1. The molecule has 0 spiro atoms. The minimum absolute atomic E-state index is 0.0557. The molecule has 1 heterocycles. The van der Waals surface area contributed by atoms with Crippen LogP contribution in [-0.2, 0) is 32.4 Å². The number of benzene rings is 2. The molecule has 0 bridgehead atoms. The molecule has 5 rings (SSSR count). The molecule has 1 atom stereocenters. The van der Waals surface area contributed by atoms with Crippen LogP contribution in [0.4, 0.5) is 4.79 Å². The van der Waals surface area contributed by atoms with Crippen LogP contribution in [0, 0.1) is 0 Å². The summed E-state index contributed by atoms with van der Waals surface area (Å²) >= 11 is 0. The van der Waals surface area contributed by atoms with Gasteiger partial charge in [0.1, 0.15) is 17.5 Å². The molecule has 0 saturated carbocycles. The van der Waals surface area contributed by atoms with Crippen LogP contribution in [0.25, 0.3) is 5.57 Å². The lowest BCUT2D eigenvalue weighted by Crippen LogP contribution is -2.42. The Morgan fingerprint density at radius 1 is 1.07 bits per heavy atom. The van der Waals surface area contributed by atoms with Gasteiger partial charge >= 0.3 is 12.1 Å².